The molecule has 1 aromatic carbocycles. The van der Waals surface area contributed by atoms with Crippen LogP contribution in [0.1, 0.15) is 25.2 Å². The summed E-state index contributed by atoms with van der Waals surface area (Å²) < 4.78 is 10.5. The second-order valence-corrected chi connectivity index (χ2v) is 6.00. The van der Waals surface area contributed by atoms with E-state index in [0.717, 1.165) is 28.0 Å². The molecule has 3 rings (SSSR count). The Morgan fingerprint density at radius 2 is 2.17 bits per heavy atom. The zero-order valence-electron chi connectivity index (χ0n) is 13.5. The van der Waals surface area contributed by atoms with Crippen molar-refractivity contribution in [3.8, 4) is 5.75 Å². The number of carbonyl (C=O) groups is 1. The molecule has 3 aromatic rings. The number of aromatic amines is 1. The summed E-state index contributed by atoms with van der Waals surface area (Å²) in [6.07, 6.45) is 3.48. The molecule has 2 N–H and O–H groups in total. The van der Waals surface area contributed by atoms with E-state index in [0.29, 0.717) is 6.54 Å². The first kappa shape index (κ1) is 15.2. The number of fused-ring (bicyclic) bond motifs is 1. The Bertz CT molecular complexity index is 816. The third-order valence-electron chi connectivity index (χ3n) is 4.13. The van der Waals surface area contributed by atoms with Gasteiger partial charge in [-0.2, -0.15) is 0 Å². The number of benzene rings is 1. The van der Waals surface area contributed by atoms with Gasteiger partial charge < -0.3 is 19.5 Å². The molecular formula is C18H20N2O3. The van der Waals surface area contributed by atoms with Crippen LogP contribution in [0.25, 0.3) is 10.9 Å². The van der Waals surface area contributed by atoms with Crippen molar-refractivity contribution >= 4 is 16.8 Å². The van der Waals surface area contributed by atoms with Crippen LogP contribution in [0.3, 0.4) is 0 Å². The number of carbonyl (C=O) groups excluding carboxylic acids is 1. The van der Waals surface area contributed by atoms with Crippen molar-refractivity contribution in [2.45, 2.75) is 25.8 Å². The number of hydrogen-bond acceptors (Lipinski definition) is 3. The Morgan fingerprint density at radius 3 is 2.87 bits per heavy atom. The number of aromatic nitrogens is 1. The first-order valence-electron chi connectivity index (χ1n) is 7.48. The maximum atomic E-state index is 12.7. The van der Waals surface area contributed by atoms with Gasteiger partial charge in [0.05, 0.1) is 25.3 Å². The van der Waals surface area contributed by atoms with E-state index in [-0.39, 0.29) is 5.91 Å². The van der Waals surface area contributed by atoms with Crippen molar-refractivity contribution in [3.05, 3.63) is 54.1 Å². The van der Waals surface area contributed by atoms with Gasteiger partial charge in [-0.15, -0.1) is 0 Å². The van der Waals surface area contributed by atoms with Gasteiger partial charge in [-0.3, -0.25) is 4.79 Å². The molecule has 5 nitrogen and oxygen atoms in total. The minimum absolute atomic E-state index is 0.0578. The summed E-state index contributed by atoms with van der Waals surface area (Å²) in [6.45, 7) is 4.19. The van der Waals surface area contributed by atoms with Crippen LogP contribution in [0.15, 0.2) is 47.2 Å². The SMILES string of the molecule is COc1ccc2[nH]cc(C(C)(C)C(=O)NCc3ccco3)c2c1. The highest BCUT2D eigenvalue weighted by Crippen LogP contribution is 2.32. The molecule has 0 spiro atoms. The van der Waals surface area contributed by atoms with E-state index in [9.17, 15) is 4.79 Å². The summed E-state index contributed by atoms with van der Waals surface area (Å²) in [5, 5.41) is 3.92. The van der Waals surface area contributed by atoms with Crippen LogP contribution in [0.5, 0.6) is 5.75 Å². The van der Waals surface area contributed by atoms with Gasteiger partial charge >= 0.3 is 0 Å². The minimum atomic E-state index is -0.683. The normalized spacial score (nSPS) is 11.6. The van der Waals surface area contributed by atoms with Gasteiger partial charge in [0, 0.05) is 17.1 Å². The molecular weight excluding hydrogens is 292 g/mol. The monoisotopic (exact) mass is 312 g/mol. The lowest BCUT2D eigenvalue weighted by Crippen LogP contribution is -2.39. The Labute approximate surface area is 134 Å². The van der Waals surface area contributed by atoms with Gasteiger partial charge in [0.25, 0.3) is 0 Å². The number of H-pyrrole nitrogens is 1. The molecule has 0 saturated carbocycles. The second-order valence-electron chi connectivity index (χ2n) is 6.00. The lowest BCUT2D eigenvalue weighted by Gasteiger charge is -2.23. The van der Waals surface area contributed by atoms with E-state index in [2.05, 4.69) is 10.3 Å². The number of amides is 1. The van der Waals surface area contributed by atoms with Crippen LogP contribution in [0, 0.1) is 0 Å². The largest absolute Gasteiger partial charge is 0.497 e. The lowest BCUT2D eigenvalue weighted by atomic mass is 9.83. The van der Waals surface area contributed by atoms with Crippen LogP contribution in [0.4, 0.5) is 0 Å². The number of hydrogen-bond donors (Lipinski definition) is 2. The zero-order chi connectivity index (χ0) is 16.4. The van der Waals surface area contributed by atoms with Crippen molar-refractivity contribution in [2.24, 2.45) is 0 Å². The second kappa shape index (κ2) is 5.83. The van der Waals surface area contributed by atoms with E-state index >= 15 is 0 Å². The molecule has 2 aromatic heterocycles. The molecule has 5 heteroatoms. The molecule has 1 amide bonds. The maximum absolute atomic E-state index is 12.7. The van der Waals surface area contributed by atoms with Gasteiger partial charge in [0.1, 0.15) is 11.5 Å². The number of furan rings is 1. The van der Waals surface area contributed by atoms with Crippen LogP contribution < -0.4 is 10.1 Å². The number of methoxy groups -OCH3 is 1. The smallest absolute Gasteiger partial charge is 0.230 e. The average molecular weight is 312 g/mol. The summed E-state index contributed by atoms with van der Waals surface area (Å²) >= 11 is 0. The standard InChI is InChI=1S/C18H20N2O3/c1-18(2,17(21)20-10-13-5-4-8-23-13)15-11-19-16-7-6-12(22-3)9-14(15)16/h4-9,11,19H,10H2,1-3H3,(H,20,21). The molecule has 0 aliphatic heterocycles. The number of nitrogens with one attached hydrogen (secondary N) is 2. The maximum Gasteiger partial charge on any atom is 0.230 e. The molecule has 0 aliphatic carbocycles. The van der Waals surface area contributed by atoms with Crippen molar-refractivity contribution < 1.29 is 13.9 Å². The molecule has 0 unspecified atom stereocenters. The highest BCUT2D eigenvalue weighted by atomic mass is 16.5. The predicted octanol–water partition coefficient (Wildman–Crippen LogP) is 3.36. The fourth-order valence-corrected chi connectivity index (χ4v) is 2.67. The number of rotatable bonds is 5. The minimum Gasteiger partial charge on any atom is -0.497 e. The van der Waals surface area contributed by atoms with E-state index < -0.39 is 5.41 Å². The van der Waals surface area contributed by atoms with Crippen LogP contribution >= 0.6 is 0 Å². The molecule has 23 heavy (non-hydrogen) atoms. The third kappa shape index (κ3) is 2.82. The van der Waals surface area contributed by atoms with Gasteiger partial charge in [-0.25, -0.2) is 0 Å². The number of ether oxygens (including phenoxy) is 1. The van der Waals surface area contributed by atoms with Crippen LogP contribution in [-0.2, 0) is 16.8 Å². The van der Waals surface area contributed by atoms with E-state index in [1.54, 1.807) is 19.4 Å². The first-order valence-corrected chi connectivity index (χ1v) is 7.48. The topological polar surface area (TPSA) is 67.3 Å². The van der Waals surface area contributed by atoms with Crippen molar-refractivity contribution in [1.29, 1.82) is 0 Å². The Morgan fingerprint density at radius 1 is 1.35 bits per heavy atom. The van der Waals surface area contributed by atoms with Gasteiger partial charge in [0.2, 0.25) is 5.91 Å². The van der Waals surface area contributed by atoms with E-state index in [1.807, 2.05) is 44.3 Å². The lowest BCUT2D eigenvalue weighted by molar-refractivity contribution is -0.125. The fourth-order valence-electron chi connectivity index (χ4n) is 2.67. The molecule has 0 aliphatic rings. The van der Waals surface area contributed by atoms with Crippen molar-refractivity contribution in [1.82, 2.24) is 10.3 Å². The molecule has 0 atom stereocenters. The van der Waals surface area contributed by atoms with Gasteiger partial charge in [0.15, 0.2) is 0 Å². The Kier molecular flexibility index (Phi) is 3.86. The summed E-state index contributed by atoms with van der Waals surface area (Å²) in [5.74, 6) is 1.44. The first-order chi connectivity index (χ1) is 11.0. The predicted molar refractivity (Wildman–Crippen MR) is 88.4 cm³/mol. The molecule has 0 saturated heterocycles. The quantitative estimate of drug-likeness (QED) is 0.759. The molecule has 0 radical (unpaired) electrons. The van der Waals surface area contributed by atoms with E-state index in [4.69, 9.17) is 9.15 Å². The van der Waals surface area contributed by atoms with Gasteiger partial charge in [-0.1, -0.05) is 0 Å². The van der Waals surface area contributed by atoms with Crippen molar-refractivity contribution in [2.75, 3.05) is 7.11 Å². The molecule has 0 bridgehead atoms. The fraction of sp³-hybridized carbons (Fsp3) is 0.278. The summed E-state index contributed by atoms with van der Waals surface area (Å²) in [7, 11) is 1.63. The third-order valence-corrected chi connectivity index (χ3v) is 4.13. The van der Waals surface area contributed by atoms with E-state index in [1.165, 1.54) is 0 Å². The van der Waals surface area contributed by atoms with Crippen LogP contribution in [0.2, 0.25) is 0 Å². The summed E-state index contributed by atoms with van der Waals surface area (Å²) in [4.78, 5) is 15.9. The Hall–Kier alpha value is -2.69. The molecule has 2 heterocycles. The Balaban J connectivity index is 1.87. The molecule has 0 fully saturated rings. The summed E-state index contributed by atoms with van der Waals surface area (Å²) in [6, 6.07) is 9.44. The zero-order valence-corrected chi connectivity index (χ0v) is 13.5. The highest BCUT2D eigenvalue weighted by Gasteiger charge is 2.32. The molecule has 120 valence electrons. The van der Waals surface area contributed by atoms with Crippen molar-refractivity contribution in [3.63, 3.8) is 0 Å². The van der Waals surface area contributed by atoms with Crippen LogP contribution in [-0.4, -0.2) is 18.0 Å². The highest BCUT2D eigenvalue weighted by molar-refractivity contribution is 5.95. The summed E-state index contributed by atoms with van der Waals surface area (Å²) in [5.41, 5.74) is 1.23. The average Bonchev–Trinajstić information content (AvgIpc) is 3.21. The van der Waals surface area contributed by atoms with Gasteiger partial charge in [-0.05, 0) is 49.7 Å².